The Morgan fingerprint density at radius 3 is 2.30 bits per heavy atom. The van der Waals surface area contributed by atoms with E-state index >= 15 is 0 Å². The number of hydrogen-bond acceptors (Lipinski definition) is 4. The summed E-state index contributed by atoms with van der Waals surface area (Å²) in [6, 6.07) is 7.12. The quantitative estimate of drug-likeness (QED) is 0.834. The highest BCUT2D eigenvalue weighted by Gasteiger charge is 2.25. The monoisotopic (exact) mass is 350 g/mol. The van der Waals surface area contributed by atoms with Crippen LogP contribution in [0.2, 0.25) is 0 Å². The molecule has 3 rings (SSSR count). The molecule has 1 aromatic heterocycles. The summed E-state index contributed by atoms with van der Waals surface area (Å²) in [7, 11) is -3.35. The molecule has 0 spiro atoms. The minimum Gasteiger partial charge on any atom is -0.241 e. The summed E-state index contributed by atoms with van der Waals surface area (Å²) in [5.74, 6) is 0.410. The Labute approximate surface area is 142 Å². The highest BCUT2D eigenvalue weighted by molar-refractivity contribution is 7.89. The maximum absolute atomic E-state index is 12.6. The topological polar surface area (TPSA) is 50.3 Å². The van der Waals surface area contributed by atoms with Crippen molar-refractivity contribution in [1.29, 1.82) is 0 Å². The SMILES string of the molecule is CC(C)c1nc(-c2ccc(S(=O)(=O)N3CCCCC3)cc2)cs1. The lowest BCUT2D eigenvalue weighted by molar-refractivity contribution is 0.346. The summed E-state index contributed by atoms with van der Waals surface area (Å²) in [4.78, 5) is 5.00. The molecule has 1 fully saturated rings. The van der Waals surface area contributed by atoms with Gasteiger partial charge in [0.1, 0.15) is 0 Å². The van der Waals surface area contributed by atoms with Gasteiger partial charge in [0.2, 0.25) is 10.0 Å². The molecule has 0 saturated carbocycles. The lowest BCUT2D eigenvalue weighted by Gasteiger charge is -2.25. The predicted molar refractivity (Wildman–Crippen MR) is 94.2 cm³/mol. The first-order valence-corrected chi connectivity index (χ1v) is 10.4. The Bertz CT molecular complexity index is 758. The first kappa shape index (κ1) is 16.6. The Kier molecular flexibility index (Phi) is 4.85. The Balaban J connectivity index is 1.83. The summed E-state index contributed by atoms with van der Waals surface area (Å²) >= 11 is 1.65. The molecule has 0 bridgehead atoms. The summed E-state index contributed by atoms with van der Waals surface area (Å²) < 4.78 is 26.9. The Morgan fingerprint density at radius 1 is 1.09 bits per heavy atom. The molecular formula is C17H22N2O2S2. The molecule has 1 aliphatic heterocycles. The van der Waals surface area contributed by atoms with Crippen molar-refractivity contribution in [2.75, 3.05) is 13.1 Å². The van der Waals surface area contributed by atoms with Crippen molar-refractivity contribution in [3.8, 4) is 11.3 Å². The molecular weight excluding hydrogens is 328 g/mol. The van der Waals surface area contributed by atoms with E-state index in [-0.39, 0.29) is 0 Å². The summed E-state index contributed by atoms with van der Waals surface area (Å²) in [6.07, 6.45) is 3.02. The van der Waals surface area contributed by atoms with Crippen molar-refractivity contribution >= 4 is 21.4 Å². The van der Waals surface area contributed by atoms with Crippen molar-refractivity contribution < 1.29 is 8.42 Å². The smallest absolute Gasteiger partial charge is 0.241 e. The second-order valence-electron chi connectivity index (χ2n) is 6.21. The van der Waals surface area contributed by atoms with Crippen LogP contribution in [0.4, 0.5) is 0 Å². The first-order chi connectivity index (χ1) is 11.0. The van der Waals surface area contributed by atoms with Crippen LogP contribution in [0, 0.1) is 0 Å². The van der Waals surface area contributed by atoms with Crippen LogP contribution in [-0.4, -0.2) is 30.8 Å². The zero-order valence-corrected chi connectivity index (χ0v) is 15.2. The molecule has 0 atom stereocenters. The number of rotatable bonds is 4. The van der Waals surface area contributed by atoms with Crippen molar-refractivity contribution in [3.63, 3.8) is 0 Å². The first-order valence-electron chi connectivity index (χ1n) is 8.04. The molecule has 0 aliphatic carbocycles. The molecule has 0 N–H and O–H groups in total. The van der Waals surface area contributed by atoms with Crippen LogP contribution in [0.5, 0.6) is 0 Å². The van der Waals surface area contributed by atoms with Gasteiger partial charge >= 0.3 is 0 Å². The average Bonchev–Trinajstić information content (AvgIpc) is 3.06. The fourth-order valence-corrected chi connectivity index (χ4v) is 5.10. The molecule has 4 nitrogen and oxygen atoms in total. The van der Waals surface area contributed by atoms with Crippen molar-refractivity contribution in [1.82, 2.24) is 9.29 Å². The summed E-state index contributed by atoms with van der Waals surface area (Å²) in [5, 5.41) is 3.13. The van der Waals surface area contributed by atoms with Crippen LogP contribution in [-0.2, 0) is 10.0 Å². The highest BCUT2D eigenvalue weighted by atomic mass is 32.2. The second kappa shape index (κ2) is 6.71. The van der Waals surface area contributed by atoms with Gasteiger partial charge < -0.3 is 0 Å². The van der Waals surface area contributed by atoms with Gasteiger partial charge in [-0.2, -0.15) is 4.31 Å². The van der Waals surface area contributed by atoms with Gasteiger partial charge in [-0.15, -0.1) is 11.3 Å². The van der Waals surface area contributed by atoms with Gasteiger partial charge in [0.25, 0.3) is 0 Å². The largest absolute Gasteiger partial charge is 0.243 e. The van der Waals surface area contributed by atoms with Gasteiger partial charge in [-0.3, -0.25) is 0 Å². The standard InChI is InChI=1S/C17H22N2O2S2/c1-13(2)17-18-16(12-22-17)14-6-8-15(9-7-14)23(20,21)19-10-4-3-5-11-19/h6-9,12-13H,3-5,10-11H2,1-2H3. The molecule has 2 aromatic rings. The average molecular weight is 351 g/mol. The second-order valence-corrected chi connectivity index (χ2v) is 9.04. The van der Waals surface area contributed by atoms with E-state index in [9.17, 15) is 8.42 Å². The maximum Gasteiger partial charge on any atom is 0.243 e. The van der Waals surface area contributed by atoms with Crippen molar-refractivity contribution in [2.45, 2.75) is 43.9 Å². The number of aromatic nitrogens is 1. The van der Waals surface area contributed by atoms with E-state index in [4.69, 9.17) is 0 Å². The zero-order chi connectivity index (χ0) is 16.4. The van der Waals surface area contributed by atoms with E-state index in [2.05, 4.69) is 18.8 Å². The van der Waals surface area contributed by atoms with Gasteiger partial charge in [-0.25, -0.2) is 13.4 Å². The van der Waals surface area contributed by atoms with Gasteiger partial charge in [0.15, 0.2) is 0 Å². The molecule has 1 aromatic carbocycles. The molecule has 23 heavy (non-hydrogen) atoms. The number of thiazole rings is 1. The van der Waals surface area contributed by atoms with Gasteiger partial charge in [-0.05, 0) is 25.0 Å². The van der Waals surface area contributed by atoms with Gasteiger partial charge in [-0.1, -0.05) is 32.4 Å². The van der Waals surface area contributed by atoms with Crippen LogP contribution in [0.25, 0.3) is 11.3 Å². The van der Waals surface area contributed by atoms with Crippen LogP contribution >= 0.6 is 11.3 Å². The zero-order valence-electron chi connectivity index (χ0n) is 13.5. The van der Waals surface area contributed by atoms with E-state index in [1.165, 1.54) is 0 Å². The van der Waals surface area contributed by atoms with E-state index in [0.717, 1.165) is 35.5 Å². The lowest BCUT2D eigenvalue weighted by atomic mass is 10.2. The summed E-state index contributed by atoms with van der Waals surface area (Å²) in [5.41, 5.74) is 1.88. The molecule has 1 saturated heterocycles. The van der Waals surface area contributed by atoms with Crippen LogP contribution in [0.3, 0.4) is 0 Å². The Hall–Kier alpha value is -1.24. The number of sulfonamides is 1. The summed E-state index contributed by atoms with van der Waals surface area (Å²) in [6.45, 7) is 5.51. The fraction of sp³-hybridized carbons (Fsp3) is 0.471. The van der Waals surface area contributed by atoms with Gasteiger partial charge in [0.05, 0.1) is 15.6 Å². The third kappa shape index (κ3) is 3.49. The number of piperidine rings is 1. The third-order valence-electron chi connectivity index (χ3n) is 4.12. The van der Waals surface area contributed by atoms with E-state index < -0.39 is 10.0 Å². The number of hydrogen-bond donors (Lipinski definition) is 0. The normalized spacial score (nSPS) is 16.8. The predicted octanol–water partition coefficient (Wildman–Crippen LogP) is 4.11. The number of benzene rings is 1. The minimum atomic E-state index is -3.35. The third-order valence-corrected chi connectivity index (χ3v) is 7.18. The maximum atomic E-state index is 12.6. The minimum absolute atomic E-state index is 0.377. The highest BCUT2D eigenvalue weighted by Crippen LogP contribution is 2.28. The molecule has 2 heterocycles. The fourth-order valence-electron chi connectivity index (χ4n) is 2.74. The van der Waals surface area contributed by atoms with E-state index in [1.54, 1.807) is 27.8 Å². The lowest BCUT2D eigenvalue weighted by Crippen LogP contribution is -2.35. The van der Waals surface area contributed by atoms with E-state index in [1.807, 2.05) is 17.5 Å². The molecule has 0 unspecified atom stereocenters. The molecule has 6 heteroatoms. The van der Waals surface area contributed by atoms with Crippen molar-refractivity contribution in [2.24, 2.45) is 0 Å². The van der Waals surface area contributed by atoms with Gasteiger partial charge in [0, 0.05) is 30.0 Å². The molecule has 1 aliphatic rings. The van der Waals surface area contributed by atoms with Crippen molar-refractivity contribution in [3.05, 3.63) is 34.7 Å². The molecule has 124 valence electrons. The van der Waals surface area contributed by atoms with Crippen LogP contribution < -0.4 is 0 Å². The van der Waals surface area contributed by atoms with Crippen LogP contribution in [0.1, 0.15) is 44.0 Å². The van der Waals surface area contributed by atoms with E-state index in [0.29, 0.717) is 23.9 Å². The Morgan fingerprint density at radius 2 is 1.74 bits per heavy atom. The van der Waals surface area contributed by atoms with Crippen LogP contribution in [0.15, 0.2) is 34.5 Å². The number of nitrogens with zero attached hydrogens (tertiary/aromatic N) is 2. The molecule has 0 radical (unpaired) electrons. The molecule has 0 amide bonds.